The number of imide groups is 1. The minimum atomic E-state index is -0.607. The number of hydrogen-bond donors (Lipinski definition) is 3. The number of likely N-dealkylation sites (tertiary alicyclic amines) is 1. The lowest BCUT2D eigenvalue weighted by Crippen LogP contribution is -2.44. The fourth-order valence-corrected chi connectivity index (χ4v) is 1.79. The lowest BCUT2D eigenvalue weighted by Gasteiger charge is -2.19. The van der Waals surface area contributed by atoms with Crippen LogP contribution in [-0.4, -0.2) is 47.9 Å². The maximum atomic E-state index is 11.8. The summed E-state index contributed by atoms with van der Waals surface area (Å²) in [6, 6.07) is -1.21. The summed E-state index contributed by atoms with van der Waals surface area (Å²) in [5, 5.41) is 5.32. The summed E-state index contributed by atoms with van der Waals surface area (Å²) in [6.07, 6.45) is 0.174. The molecule has 1 fully saturated rings. The van der Waals surface area contributed by atoms with Crippen LogP contribution >= 0.6 is 0 Å². The van der Waals surface area contributed by atoms with E-state index in [4.69, 9.17) is 5.73 Å². The van der Waals surface area contributed by atoms with E-state index in [9.17, 15) is 14.4 Å². The van der Waals surface area contributed by atoms with Crippen molar-refractivity contribution in [2.24, 2.45) is 5.73 Å². The van der Waals surface area contributed by atoms with Gasteiger partial charge in [0.05, 0.1) is 12.5 Å². The molecule has 0 radical (unpaired) electrons. The second kappa shape index (κ2) is 5.62. The molecule has 1 heterocycles. The zero-order chi connectivity index (χ0) is 13.0. The zero-order valence-corrected chi connectivity index (χ0v) is 10.0. The van der Waals surface area contributed by atoms with Crippen LogP contribution in [0.2, 0.25) is 0 Å². The van der Waals surface area contributed by atoms with Crippen molar-refractivity contribution in [3.63, 3.8) is 0 Å². The molecule has 0 aromatic carbocycles. The van der Waals surface area contributed by atoms with E-state index in [1.54, 1.807) is 13.8 Å². The van der Waals surface area contributed by atoms with E-state index in [2.05, 4.69) is 10.6 Å². The van der Waals surface area contributed by atoms with E-state index < -0.39 is 12.1 Å². The van der Waals surface area contributed by atoms with Crippen molar-refractivity contribution < 1.29 is 14.4 Å². The lowest BCUT2D eigenvalue weighted by atomic mass is 10.2. The first-order chi connectivity index (χ1) is 7.93. The van der Waals surface area contributed by atoms with Gasteiger partial charge in [-0.1, -0.05) is 0 Å². The van der Waals surface area contributed by atoms with Crippen LogP contribution in [0.3, 0.4) is 0 Å². The fraction of sp³-hybridized carbons (Fsp3) is 0.700. The quantitative estimate of drug-likeness (QED) is 0.415. The molecule has 7 heteroatoms. The molecule has 7 nitrogen and oxygen atoms in total. The number of nitrogens with zero attached hydrogens (tertiary/aromatic N) is 1. The molecule has 4 N–H and O–H groups in total. The molecule has 0 spiro atoms. The molecular weight excluding hydrogens is 224 g/mol. The van der Waals surface area contributed by atoms with Crippen LogP contribution in [-0.2, 0) is 9.59 Å². The van der Waals surface area contributed by atoms with E-state index in [1.807, 2.05) is 0 Å². The van der Waals surface area contributed by atoms with Crippen molar-refractivity contribution in [2.75, 3.05) is 13.1 Å². The van der Waals surface area contributed by atoms with Gasteiger partial charge in [-0.15, -0.1) is 0 Å². The predicted molar refractivity (Wildman–Crippen MR) is 61.0 cm³/mol. The van der Waals surface area contributed by atoms with Crippen LogP contribution in [0.1, 0.15) is 20.3 Å². The third-order valence-electron chi connectivity index (χ3n) is 2.51. The zero-order valence-electron chi connectivity index (χ0n) is 10.0. The number of carbonyl (C=O) groups excluding carboxylic acids is 3. The first-order valence-electron chi connectivity index (χ1n) is 5.56. The molecule has 0 aromatic heterocycles. The summed E-state index contributed by atoms with van der Waals surface area (Å²) in [5.74, 6) is -0.366. The van der Waals surface area contributed by atoms with E-state index >= 15 is 0 Å². The van der Waals surface area contributed by atoms with Gasteiger partial charge in [0, 0.05) is 19.1 Å². The topological polar surface area (TPSA) is 105 Å². The van der Waals surface area contributed by atoms with Crippen molar-refractivity contribution in [3.8, 4) is 0 Å². The van der Waals surface area contributed by atoms with E-state index in [0.29, 0.717) is 13.1 Å². The van der Waals surface area contributed by atoms with E-state index in [0.717, 1.165) is 0 Å². The lowest BCUT2D eigenvalue weighted by molar-refractivity contribution is -0.140. The van der Waals surface area contributed by atoms with Crippen LogP contribution in [0, 0.1) is 0 Å². The molecule has 0 saturated carbocycles. The van der Waals surface area contributed by atoms with Crippen molar-refractivity contribution in [3.05, 3.63) is 0 Å². The van der Waals surface area contributed by atoms with Gasteiger partial charge in [0.15, 0.2) is 0 Å². The molecule has 0 bridgehead atoms. The van der Waals surface area contributed by atoms with Gasteiger partial charge in [-0.3, -0.25) is 14.5 Å². The van der Waals surface area contributed by atoms with Crippen LogP contribution in [0.25, 0.3) is 0 Å². The molecule has 17 heavy (non-hydrogen) atoms. The average Bonchev–Trinajstić information content (AvgIpc) is 2.48. The van der Waals surface area contributed by atoms with Crippen molar-refractivity contribution >= 4 is 17.8 Å². The number of urea groups is 1. The Balaban J connectivity index is 2.39. The Morgan fingerprint density at radius 2 is 2.12 bits per heavy atom. The maximum Gasteiger partial charge on any atom is 0.312 e. The average molecular weight is 242 g/mol. The van der Waals surface area contributed by atoms with E-state index in [1.165, 1.54) is 4.90 Å². The minimum absolute atomic E-state index is 0.120. The van der Waals surface area contributed by atoms with Crippen LogP contribution in [0.4, 0.5) is 4.79 Å². The van der Waals surface area contributed by atoms with Gasteiger partial charge in [-0.2, -0.15) is 0 Å². The molecular formula is C10H18N4O3. The Bertz CT molecular complexity index is 330. The maximum absolute atomic E-state index is 11.8. The summed E-state index contributed by atoms with van der Waals surface area (Å²) in [4.78, 5) is 35.0. The highest BCUT2D eigenvalue weighted by atomic mass is 16.2. The van der Waals surface area contributed by atoms with Crippen LogP contribution in [0.15, 0.2) is 0 Å². The minimum Gasteiger partial charge on any atom is -0.352 e. The number of nitrogens with one attached hydrogen (secondary N) is 2. The van der Waals surface area contributed by atoms with Gasteiger partial charge in [0.1, 0.15) is 0 Å². The molecule has 1 aliphatic rings. The number of hydrogen-bond acceptors (Lipinski definition) is 4. The normalized spacial score (nSPS) is 20.2. The third-order valence-corrected chi connectivity index (χ3v) is 2.51. The second-order valence-electron chi connectivity index (χ2n) is 4.20. The molecule has 0 aromatic rings. The number of amides is 4. The molecule has 1 atom stereocenters. The summed E-state index contributed by atoms with van der Waals surface area (Å²) in [5.41, 5.74) is 4.89. The molecule has 0 aliphatic carbocycles. The predicted octanol–water partition coefficient (Wildman–Crippen LogP) is -1.22. The standard InChI is InChI=1S/C10H18N4O3/c1-6(2)14-8(15)5-7(9(14)16)12-3-4-13-10(11)17/h6-7,12H,3-5H2,1-2H3,(H3,11,13,17). The summed E-state index contributed by atoms with van der Waals surface area (Å²) in [7, 11) is 0. The second-order valence-corrected chi connectivity index (χ2v) is 4.20. The Morgan fingerprint density at radius 3 is 2.59 bits per heavy atom. The number of nitrogens with two attached hydrogens (primary N) is 1. The molecule has 1 aliphatic heterocycles. The highest BCUT2D eigenvalue weighted by Gasteiger charge is 2.39. The first-order valence-corrected chi connectivity index (χ1v) is 5.56. The summed E-state index contributed by atoms with van der Waals surface area (Å²) >= 11 is 0. The largest absolute Gasteiger partial charge is 0.352 e. The van der Waals surface area contributed by atoms with Crippen LogP contribution in [0.5, 0.6) is 0 Å². The highest BCUT2D eigenvalue weighted by Crippen LogP contribution is 2.15. The van der Waals surface area contributed by atoms with Crippen LogP contribution < -0.4 is 16.4 Å². The van der Waals surface area contributed by atoms with Gasteiger partial charge in [-0.05, 0) is 13.8 Å². The van der Waals surface area contributed by atoms with E-state index in [-0.39, 0.29) is 24.3 Å². The van der Waals surface area contributed by atoms with Gasteiger partial charge in [0.2, 0.25) is 11.8 Å². The summed E-state index contributed by atoms with van der Waals surface area (Å²) < 4.78 is 0. The van der Waals surface area contributed by atoms with Crippen molar-refractivity contribution in [2.45, 2.75) is 32.4 Å². The Hall–Kier alpha value is -1.63. The Kier molecular flexibility index (Phi) is 4.45. The first kappa shape index (κ1) is 13.4. The smallest absolute Gasteiger partial charge is 0.312 e. The molecule has 4 amide bonds. The Morgan fingerprint density at radius 1 is 1.47 bits per heavy atom. The van der Waals surface area contributed by atoms with Crippen molar-refractivity contribution in [1.82, 2.24) is 15.5 Å². The number of carbonyl (C=O) groups is 3. The molecule has 1 rings (SSSR count). The Labute approximate surface area is 99.7 Å². The fourth-order valence-electron chi connectivity index (χ4n) is 1.79. The van der Waals surface area contributed by atoms with Gasteiger partial charge in [0.25, 0.3) is 0 Å². The monoisotopic (exact) mass is 242 g/mol. The SMILES string of the molecule is CC(C)N1C(=O)CC(NCCNC(N)=O)C1=O. The third kappa shape index (κ3) is 3.42. The highest BCUT2D eigenvalue weighted by molar-refractivity contribution is 6.05. The molecule has 1 unspecified atom stereocenters. The van der Waals surface area contributed by atoms with Gasteiger partial charge in [-0.25, -0.2) is 4.79 Å². The number of primary amides is 1. The van der Waals surface area contributed by atoms with Gasteiger partial charge < -0.3 is 16.4 Å². The summed E-state index contributed by atoms with van der Waals surface area (Å²) in [6.45, 7) is 4.33. The molecule has 1 saturated heterocycles. The van der Waals surface area contributed by atoms with Gasteiger partial charge >= 0.3 is 6.03 Å². The van der Waals surface area contributed by atoms with Crippen molar-refractivity contribution in [1.29, 1.82) is 0 Å². The number of rotatable bonds is 5. The molecule has 96 valence electrons.